The van der Waals surface area contributed by atoms with Crippen molar-refractivity contribution in [1.82, 2.24) is 0 Å². The Morgan fingerprint density at radius 2 is 0.623 bits per heavy atom. The number of esters is 3. The maximum atomic E-state index is 12.1. The number of benzene rings is 5. The summed E-state index contributed by atoms with van der Waals surface area (Å²) in [6.45, 7) is 44.9. The standard InChI is InChI=1S/2C16H26O2.C14H22O2.C12H16O3.C12H22O2.3C10H14O/c2*1-4-10(2)15(17)18-16(3)13-6-11-5-12(8-13)9-14(16)7-11;1-5-11(3)13-7-9-14(10-8-13)16-12(4)15-6-2;1-4-9(2)10-5-7-11(8-6-10)15-12(13)14-3;1-4-10(2)11(13)14-12(3)8-6-5-7-9-12;3*1-3-8(2)9-4-6-10(11)7-5-9/h2*10-14H,4-9H2,1-3H3;7-12H,5-6H2,1-4H3;5-9H,4H2,1-3H3;10H,4-9H2,1-3H3;3*4-8,11H,3H2,1-2H3. The van der Waals surface area contributed by atoms with Gasteiger partial charge in [0.1, 0.15) is 45.6 Å². The predicted octanol–water partition coefficient (Wildman–Crippen LogP) is 26.9. The molecule has 114 heavy (non-hydrogen) atoms. The molecule has 8 bridgehead atoms. The summed E-state index contributed by atoms with van der Waals surface area (Å²) < 4.78 is 37.8. The number of carbonyl (C=O) groups excluding carboxylic acids is 4. The smallest absolute Gasteiger partial charge is 0.508 e. The van der Waals surface area contributed by atoms with E-state index in [2.05, 4.69) is 121 Å². The number of hydrogen-bond donors (Lipinski definition) is 3. The van der Waals surface area contributed by atoms with Crippen molar-refractivity contribution in [2.45, 2.75) is 346 Å². The van der Waals surface area contributed by atoms with Crippen molar-refractivity contribution >= 4 is 24.1 Å². The van der Waals surface area contributed by atoms with Gasteiger partial charge in [-0.3, -0.25) is 14.4 Å². The molecule has 0 amide bonds. The van der Waals surface area contributed by atoms with Gasteiger partial charge in [-0.1, -0.05) is 178 Å². The van der Waals surface area contributed by atoms with Crippen LogP contribution in [0, 0.1) is 65.1 Å². The lowest BCUT2D eigenvalue weighted by molar-refractivity contribution is -0.207. The Labute approximate surface area is 690 Å². The van der Waals surface area contributed by atoms with E-state index in [0.717, 1.165) is 93.6 Å². The summed E-state index contributed by atoms with van der Waals surface area (Å²) in [6.07, 6.45) is 26.5. The highest BCUT2D eigenvalue weighted by Crippen LogP contribution is 2.61. The lowest BCUT2D eigenvalue weighted by atomic mass is 9.50. The number of ether oxygens (including phenoxy) is 7. The molecule has 0 spiro atoms. The quantitative estimate of drug-likeness (QED) is 0.0229. The van der Waals surface area contributed by atoms with E-state index in [1.54, 1.807) is 48.5 Å². The van der Waals surface area contributed by atoms with Gasteiger partial charge in [0.25, 0.3) is 0 Å². The van der Waals surface area contributed by atoms with Crippen molar-refractivity contribution in [3.05, 3.63) is 149 Å². The van der Waals surface area contributed by atoms with E-state index in [-0.39, 0.29) is 58.8 Å². The molecular formula is C100H154O14. The van der Waals surface area contributed by atoms with Gasteiger partial charge in [0, 0.05) is 6.61 Å². The van der Waals surface area contributed by atoms with Crippen molar-refractivity contribution in [3.8, 4) is 28.7 Å². The first-order chi connectivity index (χ1) is 54.2. The van der Waals surface area contributed by atoms with Crippen LogP contribution in [0.2, 0.25) is 0 Å². The van der Waals surface area contributed by atoms with Crippen molar-refractivity contribution in [2.75, 3.05) is 13.7 Å². The van der Waals surface area contributed by atoms with E-state index in [4.69, 9.17) is 43.7 Å². The Morgan fingerprint density at radius 3 is 0.877 bits per heavy atom. The van der Waals surface area contributed by atoms with Gasteiger partial charge in [-0.15, -0.1) is 0 Å². The Kier molecular flexibility index (Phi) is 41.6. The SMILES string of the molecule is CCC(C)C(=O)OC1(C)C2CC3CC(C2)CC1C3.CCC(C)C(=O)OC1(C)C2CC3CC(C2)CC1C3.CCC(C)C(=O)OC1(C)CCCCC1.CCC(C)c1ccc(O)cc1.CCC(C)c1ccc(O)cc1.CCC(C)c1ccc(O)cc1.CCC(C)c1ccc(OC(=O)OC)cc1.CCOC(C)Oc1ccc(C(C)CC)cc1. The van der Waals surface area contributed by atoms with Crippen molar-refractivity contribution in [1.29, 1.82) is 0 Å². The van der Waals surface area contributed by atoms with E-state index in [0.29, 0.717) is 82.9 Å². The van der Waals surface area contributed by atoms with Crippen molar-refractivity contribution < 1.29 is 67.7 Å². The largest absolute Gasteiger partial charge is 0.513 e. The molecule has 638 valence electrons. The molecule has 0 radical (unpaired) electrons. The monoisotopic (exact) mass is 1580 g/mol. The van der Waals surface area contributed by atoms with Crippen LogP contribution in [0.3, 0.4) is 0 Å². The zero-order valence-corrected chi connectivity index (χ0v) is 74.7. The predicted molar refractivity (Wildman–Crippen MR) is 465 cm³/mol. The fourth-order valence-electron chi connectivity index (χ4n) is 17.4. The maximum Gasteiger partial charge on any atom is 0.513 e. The number of hydrogen-bond acceptors (Lipinski definition) is 14. The zero-order valence-electron chi connectivity index (χ0n) is 74.7. The molecule has 9 aliphatic carbocycles. The highest BCUT2D eigenvalue weighted by molar-refractivity contribution is 5.73. The lowest BCUT2D eigenvalue weighted by Crippen LogP contribution is -2.58. The normalized spacial score (nSPS) is 25.0. The molecule has 0 heterocycles. The molecule has 9 fully saturated rings. The molecule has 0 aromatic heterocycles. The summed E-state index contributed by atoms with van der Waals surface area (Å²) in [7, 11) is 1.29. The van der Waals surface area contributed by atoms with E-state index < -0.39 is 6.16 Å². The van der Waals surface area contributed by atoms with Gasteiger partial charge < -0.3 is 48.5 Å². The fourth-order valence-corrected chi connectivity index (χ4v) is 17.4. The molecule has 0 aliphatic heterocycles. The van der Waals surface area contributed by atoms with E-state index in [1.807, 2.05) is 102 Å². The number of carbonyl (C=O) groups is 4. The summed E-state index contributed by atoms with van der Waals surface area (Å²) in [6, 6.07) is 38.0. The first-order valence-corrected chi connectivity index (χ1v) is 44.5. The minimum atomic E-state index is -0.689. The molecular weight excluding hydrogens is 1430 g/mol. The zero-order chi connectivity index (χ0) is 84.5. The summed E-state index contributed by atoms with van der Waals surface area (Å²) >= 11 is 0. The van der Waals surface area contributed by atoms with Crippen LogP contribution >= 0.6 is 0 Å². The third kappa shape index (κ3) is 30.5. The number of phenolic OH excluding ortho intramolecular Hbond substituents is 3. The van der Waals surface area contributed by atoms with Crippen molar-refractivity contribution in [3.63, 3.8) is 0 Å². The van der Waals surface area contributed by atoms with Gasteiger partial charge in [-0.05, 0) is 341 Å². The summed E-state index contributed by atoms with van der Waals surface area (Å²) in [5.41, 5.74) is 6.04. The number of aromatic hydroxyl groups is 3. The van der Waals surface area contributed by atoms with Gasteiger partial charge in [0.05, 0.1) is 24.9 Å². The van der Waals surface area contributed by atoms with Gasteiger partial charge in [-0.2, -0.15) is 0 Å². The summed E-state index contributed by atoms with van der Waals surface area (Å²) in [5.74, 6) is 11.8. The average molecular weight is 1580 g/mol. The summed E-state index contributed by atoms with van der Waals surface area (Å²) in [5, 5.41) is 27.0. The fraction of sp³-hybridized carbons (Fsp3) is 0.660. The van der Waals surface area contributed by atoms with Crippen LogP contribution in [0.5, 0.6) is 28.7 Å². The molecule has 9 unspecified atom stereocenters. The van der Waals surface area contributed by atoms with Gasteiger partial charge in [0.15, 0.2) is 6.29 Å². The van der Waals surface area contributed by atoms with Crippen LogP contribution in [0.1, 0.15) is 350 Å². The third-order valence-corrected chi connectivity index (χ3v) is 26.9. The van der Waals surface area contributed by atoms with Gasteiger partial charge in [0.2, 0.25) is 0 Å². The molecule has 9 saturated carbocycles. The second-order valence-corrected chi connectivity index (χ2v) is 35.3. The minimum absolute atomic E-state index is 0.0168. The molecule has 9 aliphatic rings. The number of rotatable bonds is 24. The van der Waals surface area contributed by atoms with Gasteiger partial charge >= 0.3 is 24.1 Å². The highest BCUT2D eigenvalue weighted by Gasteiger charge is 2.58. The van der Waals surface area contributed by atoms with Crippen LogP contribution in [0.15, 0.2) is 121 Å². The average Bonchev–Trinajstić information content (AvgIpc) is 0.739. The summed E-state index contributed by atoms with van der Waals surface area (Å²) in [4.78, 5) is 46.7. The first kappa shape index (κ1) is 97.5. The number of methoxy groups -OCH3 is 1. The first-order valence-electron chi connectivity index (χ1n) is 44.5. The molecule has 14 nitrogen and oxygen atoms in total. The van der Waals surface area contributed by atoms with E-state index in [1.165, 1.54) is 118 Å². The third-order valence-electron chi connectivity index (χ3n) is 26.9. The van der Waals surface area contributed by atoms with Crippen LogP contribution in [0.25, 0.3) is 0 Å². The molecule has 5 aromatic rings. The van der Waals surface area contributed by atoms with Crippen LogP contribution in [-0.4, -0.2) is 76.2 Å². The number of phenols is 3. The van der Waals surface area contributed by atoms with Gasteiger partial charge in [-0.25, -0.2) is 4.79 Å². The van der Waals surface area contributed by atoms with Crippen molar-refractivity contribution in [2.24, 2.45) is 65.1 Å². The van der Waals surface area contributed by atoms with Crippen LogP contribution < -0.4 is 9.47 Å². The van der Waals surface area contributed by atoms with E-state index in [9.17, 15) is 19.2 Å². The maximum absolute atomic E-state index is 12.1. The minimum Gasteiger partial charge on any atom is -0.508 e. The molecule has 5 aromatic carbocycles. The van der Waals surface area contributed by atoms with Crippen LogP contribution in [-0.2, 0) is 38.1 Å². The second-order valence-electron chi connectivity index (χ2n) is 35.3. The molecule has 0 saturated heterocycles. The van der Waals surface area contributed by atoms with E-state index >= 15 is 0 Å². The molecule has 14 heteroatoms. The lowest BCUT2D eigenvalue weighted by Gasteiger charge is -2.59. The van der Waals surface area contributed by atoms with Crippen LogP contribution in [0.4, 0.5) is 4.79 Å². The Balaban J connectivity index is 0.000000234. The Bertz CT molecular complexity index is 3280. The topological polar surface area (TPSA) is 194 Å². The molecule has 3 N–H and O–H groups in total. The molecule has 14 rings (SSSR count). The highest BCUT2D eigenvalue weighted by atomic mass is 16.7. The Hall–Kier alpha value is -7.06. The molecule has 9 atom stereocenters. The second kappa shape index (κ2) is 48.6. The Morgan fingerprint density at radius 1 is 0.360 bits per heavy atom.